The van der Waals surface area contributed by atoms with E-state index in [1.807, 2.05) is 0 Å². The van der Waals surface area contributed by atoms with Crippen molar-refractivity contribution in [2.75, 3.05) is 6.54 Å². The van der Waals surface area contributed by atoms with E-state index in [0.717, 1.165) is 0 Å². The minimum absolute atomic E-state index is 0.00421. The molecule has 0 aliphatic carbocycles. The quantitative estimate of drug-likeness (QED) is 0.587. The topological polar surface area (TPSA) is 81.5 Å². The second kappa shape index (κ2) is 3.56. The maximum atomic E-state index is 10.8. The van der Waals surface area contributed by atoms with Crippen molar-refractivity contribution >= 4 is 11.8 Å². The molecule has 2 rings (SSSR count). The Morgan fingerprint density at radius 1 is 1.53 bits per heavy atom. The predicted molar refractivity (Wildman–Crippen MR) is 50.3 cm³/mol. The minimum Gasteiger partial charge on any atom is -0.439 e. The van der Waals surface area contributed by atoms with Crippen molar-refractivity contribution in [1.82, 2.24) is 5.32 Å². The van der Waals surface area contributed by atoms with Crippen LogP contribution in [0.5, 0.6) is 0 Å². The maximum absolute atomic E-state index is 10.8. The van der Waals surface area contributed by atoms with Gasteiger partial charge in [0.1, 0.15) is 6.10 Å². The van der Waals surface area contributed by atoms with E-state index in [-0.39, 0.29) is 5.69 Å². The Hall–Kier alpha value is -2.11. The molecule has 1 amide bonds. The third-order valence-electron chi connectivity index (χ3n) is 2.13. The van der Waals surface area contributed by atoms with Gasteiger partial charge in [-0.25, -0.2) is 4.79 Å². The molecule has 1 saturated heterocycles. The largest absolute Gasteiger partial charge is 0.439 e. The summed E-state index contributed by atoms with van der Waals surface area (Å²) in [6, 6.07) is 6.07. The van der Waals surface area contributed by atoms with Gasteiger partial charge in [0.2, 0.25) is 0 Å². The summed E-state index contributed by atoms with van der Waals surface area (Å²) < 4.78 is 4.91. The van der Waals surface area contributed by atoms with Gasteiger partial charge in [0.05, 0.1) is 11.5 Å². The standard InChI is InChI=1S/C9H8N2O4/c12-9-10-5-8(15-9)6-2-1-3-7(4-6)11(13)14/h1-4,8H,5H2,(H,10,12)/t8-/m1/s1. The molecule has 15 heavy (non-hydrogen) atoms. The van der Waals surface area contributed by atoms with Crippen molar-refractivity contribution in [3.8, 4) is 0 Å². The molecule has 0 aromatic heterocycles. The zero-order chi connectivity index (χ0) is 10.8. The lowest BCUT2D eigenvalue weighted by Crippen LogP contribution is -2.12. The lowest BCUT2D eigenvalue weighted by Gasteiger charge is -2.06. The third-order valence-corrected chi connectivity index (χ3v) is 2.13. The Morgan fingerprint density at radius 2 is 2.33 bits per heavy atom. The van der Waals surface area contributed by atoms with Crippen LogP contribution >= 0.6 is 0 Å². The number of nitrogens with zero attached hydrogens (tertiary/aromatic N) is 1. The van der Waals surface area contributed by atoms with Crippen molar-refractivity contribution in [1.29, 1.82) is 0 Å². The highest BCUT2D eigenvalue weighted by atomic mass is 16.6. The summed E-state index contributed by atoms with van der Waals surface area (Å²) in [4.78, 5) is 20.8. The van der Waals surface area contributed by atoms with Crippen molar-refractivity contribution in [2.45, 2.75) is 6.10 Å². The Kier molecular flexibility index (Phi) is 2.24. The van der Waals surface area contributed by atoms with Crippen LogP contribution in [0.3, 0.4) is 0 Å². The van der Waals surface area contributed by atoms with E-state index < -0.39 is 17.1 Å². The van der Waals surface area contributed by atoms with Crippen LogP contribution in [0.4, 0.5) is 10.5 Å². The molecule has 0 radical (unpaired) electrons. The zero-order valence-corrected chi connectivity index (χ0v) is 7.67. The van der Waals surface area contributed by atoms with Crippen LogP contribution in [-0.4, -0.2) is 17.6 Å². The maximum Gasteiger partial charge on any atom is 0.407 e. The summed E-state index contributed by atoms with van der Waals surface area (Å²) in [5.41, 5.74) is 0.623. The Labute approximate surface area is 85.0 Å². The molecule has 6 heteroatoms. The predicted octanol–water partition coefficient (Wildman–Crippen LogP) is 1.38. The van der Waals surface area contributed by atoms with E-state index in [0.29, 0.717) is 12.1 Å². The van der Waals surface area contributed by atoms with Crippen molar-refractivity contribution in [3.05, 3.63) is 39.9 Å². The Bertz CT molecular complexity index is 418. The molecule has 0 bridgehead atoms. The number of benzene rings is 1. The summed E-state index contributed by atoms with van der Waals surface area (Å²) in [5.74, 6) is 0. The molecule has 6 nitrogen and oxygen atoms in total. The number of ether oxygens (including phenoxy) is 1. The second-order valence-corrected chi connectivity index (χ2v) is 3.13. The number of nitro benzene ring substituents is 1. The van der Waals surface area contributed by atoms with Crippen molar-refractivity contribution < 1.29 is 14.5 Å². The third kappa shape index (κ3) is 1.88. The molecule has 1 N–H and O–H groups in total. The van der Waals surface area contributed by atoms with Crippen molar-refractivity contribution in [2.24, 2.45) is 0 Å². The van der Waals surface area contributed by atoms with Gasteiger partial charge in [-0.3, -0.25) is 10.1 Å². The fraction of sp³-hybridized carbons (Fsp3) is 0.222. The first-order valence-corrected chi connectivity index (χ1v) is 4.35. The average Bonchev–Trinajstić information content (AvgIpc) is 2.65. The monoisotopic (exact) mass is 208 g/mol. The fourth-order valence-electron chi connectivity index (χ4n) is 1.41. The molecule has 1 aromatic rings. The van der Waals surface area contributed by atoms with E-state index in [2.05, 4.69) is 5.32 Å². The van der Waals surface area contributed by atoms with Gasteiger partial charge in [0.15, 0.2) is 0 Å². The number of cyclic esters (lactones) is 1. The molecule has 1 aromatic carbocycles. The Balaban J connectivity index is 2.25. The van der Waals surface area contributed by atoms with Gasteiger partial charge in [-0.05, 0) is 0 Å². The molecule has 1 heterocycles. The lowest BCUT2D eigenvalue weighted by atomic mass is 10.1. The number of non-ortho nitro benzene ring substituents is 1. The number of carbonyl (C=O) groups excluding carboxylic acids is 1. The van der Waals surface area contributed by atoms with E-state index in [1.54, 1.807) is 12.1 Å². The molecular formula is C9H8N2O4. The Morgan fingerprint density at radius 3 is 2.93 bits per heavy atom. The number of hydrogen-bond acceptors (Lipinski definition) is 4. The highest BCUT2D eigenvalue weighted by Gasteiger charge is 2.25. The minimum atomic E-state index is -0.494. The molecule has 78 valence electrons. The summed E-state index contributed by atoms with van der Waals surface area (Å²) in [7, 11) is 0. The number of carbonyl (C=O) groups is 1. The van der Waals surface area contributed by atoms with E-state index >= 15 is 0 Å². The number of nitro groups is 1. The summed E-state index contributed by atoms with van der Waals surface area (Å²) in [5, 5.41) is 13.0. The number of rotatable bonds is 2. The SMILES string of the molecule is O=C1NC[C@H](c2cccc([N+](=O)[O-])c2)O1. The first kappa shape index (κ1) is 9.45. The van der Waals surface area contributed by atoms with Gasteiger partial charge in [-0.2, -0.15) is 0 Å². The first-order valence-electron chi connectivity index (χ1n) is 4.35. The van der Waals surface area contributed by atoms with E-state index in [1.165, 1.54) is 12.1 Å². The normalized spacial score (nSPS) is 19.5. The number of amides is 1. The molecular weight excluding hydrogens is 200 g/mol. The fourth-order valence-corrected chi connectivity index (χ4v) is 1.41. The van der Waals surface area contributed by atoms with Crippen LogP contribution < -0.4 is 5.32 Å². The van der Waals surface area contributed by atoms with E-state index in [9.17, 15) is 14.9 Å². The van der Waals surface area contributed by atoms with Crippen LogP contribution in [0.25, 0.3) is 0 Å². The van der Waals surface area contributed by atoms with E-state index in [4.69, 9.17) is 4.74 Å². The van der Waals surface area contributed by atoms with Gasteiger partial charge in [-0.15, -0.1) is 0 Å². The van der Waals surface area contributed by atoms with Gasteiger partial charge in [-0.1, -0.05) is 12.1 Å². The highest BCUT2D eigenvalue weighted by molar-refractivity contribution is 5.69. The van der Waals surface area contributed by atoms with Gasteiger partial charge < -0.3 is 10.1 Å². The molecule has 0 spiro atoms. The van der Waals surface area contributed by atoms with Gasteiger partial charge in [0, 0.05) is 17.7 Å². The first-order chi connectivity index (χ1) is 7.16. The summed E-state index contributed by atoms with van der Waals surface area (Å²) in [6.07, 6.45) is -0.927. The lowest BCUT2D eigenvalue weighted by molar-refractivity contribution is -0.385. The molecule has 1 aliphatic rings. The summed E-state index contributed by atoms with van der Waals surface area (Å²) in [6.45, 7) is 0.347. The molecule has 1 aliphatic heterocycles. The summed E-state index contributed by atoms with van der Waals surface area (Å²) >= 11 is 0. The zero-order valence-electron chi connectivity index (χ0n) is 7.67. The molecule has 0 unspecified atom stereocenters. The van der Waals surface area contributed by atoms with Crippen LogP contribution in [0.15, 0.2) is 24.3 Å². The number of hydrogen-bond donors (Lipinski definition) is 1. The molecule has 1 atom stereocenters. The van der Waals surface area contributed by atoms with Crippen LogP contribution in [-0.2, 0) is 4.74 Å². The van der Waals surface area contributed by atoms with Crippen LogP contribution in [0.1, 0.15) is 11.7 Å². The smallest absolute Gasteiger partial charge is 0.407 e. The van der Waals surface area contributed by atoms with Crippen LogP contribution in [0, 0.1) is 10.1 Å². The van der Waals surface area contributed by atoms with Crippen molar-refractivity contribution in [3.63, 3.8) is 0 Å². The highest BCUT2D eigenvalue weighted by Crippen LogP contribution is 2.24. The second-order valence-electron chi connectivity index (χ2n) is 3.13. The average molecular weight is 208 g/mol. The number of nitrogens with one attached hydrogen (secondary N) is 1. The molecule has 1 fully saturated rings. The van der Waals surface area contributed by atoms with Gasteiger partial charge >= 0.3 is 6.09 Å². The van der Waals surface area contributed by atoms with Crippen LogP contribution in [0.2, 0.25) is 0 Å². The number of alkyl carbamates (subject to hydrolysis) is 1. The molecule has 0 saturated carbocycles. The van der Waals surface area contributed by atoms with Gasteiger partial charge in [0.25, 0.3) is 5.69 Å².